The van der Waals surface area contributed by atoms with Gasteiger partial charge in [0, 0.05) is 12.1 Å². The lowest BCUT2D eigenvalue weighted by Gasteiger charge is -2.04. The van der Waals surface area contributed by atoms with Crippen molar-refractivity contribution < 1.29 is 4.79 Å². The van der Waals surface area contributed by atoms with Gasteiger partial charge in [-0.3, -0.25) is 9.36 Å². The first-order chi connectivity index (χ1) is 9.29. The fourth-order valence-electron chi connectivity index (χ4n) is 2.04. The van der Waals surface area contributed by atoms with Crippen molar-refractivity contribution in [2.75, 3.05) is 0 Å². The molecule has 0 atom stereocenters. The van der Waals surface area contributed by atoms with Gasteiger partial charge in [-0.1, -0.05) is 24.3 Å². The van der Waals surface area contributed by atoms with Crippen LogP contribution in [0.3, 0.4) is 0 Å². The van der Waals surface area contributed by atoms with Crippen LogP contribution in [0.1, 0.15) is 15.9 Å². The van der Waals surface area contributed by atoms with E-state index in [1.807, 2.05) is 36.4 Å². The maximum absolute atomic E-state index is 12.4. The maximum atomic E-state index is 12.4. The molecule has 0 bridgehead atoms. The van der Waals surface area contributed by atoms with Crippen LogP contribution < -0.4 is 5.73 Å². The van der Waals surface area contributed by atoms with Gasteiger partial charge in [-0.2, -0.15) is 0 Å². The average molecular weight is 251 g/mol. The lowest BCUT2D eigenvalue weighted by atomic mass is 10.1. The Morgan fingerprint density at radius 2 is 1.84 bits per heavy atom. The van der Waals surface area contributed by atoms with Gasteiger partial charge in [0.05, 0.1) is 11.0 Å². The van der Waals surface area contributed by atoms with Crippen LogP contribution in [-0.2, 0) is 6.54 Å². The zero-order chi connectivity index (χ0) is 13.2. The Hall–Kier alpha value is -2.46. The Kier molecular flexibility index (Phi) is 2.85. The number of fused-ring (bicyclic) bond motifs is 1. The van der Waals surface area contributed by atoms with Crippen molar-refractivity contribution in [1.29, 1.82) is 0 Å². The topological polar surface area (TPSA) is 60.9 Å². The Morgan fingerprint density at radius 1 is 1.11 bits per heavy atom. The van der Waals surface area contributed by atoms with Crippen LogP contribution in [0, 0.1) is 0 Å². The van der Waals surface area contributed by atoms with Gasteiger partial charge in [0.1, 0.15) is 6.33 Å². The van der Waals surface area contributed by atoms with Gasteiger partial charge in [0.2, 0.25) is 0 Å². The minimum Gasteiger partial charge on any atom is -0.326 e. The highest BCUT2D eigenvalue weighted by Gasteiger charge is 2.11. The first kappa shape index (κ1) is 11.6. The van der Waals surface area contributed by atoms with E-state index in [-0.39, 0.29) is 5.91 Å². The molecule has 0 saturated carbocycles. The molecule has 2 aromatic carbocycles. The van der Waals surface area contributed by atoms with Crippen molar-refractivity contribution in [2.45, 2.75) is 6.54 Å². The van der Waals surface area contributed by atoms with Gasteiger partial charge in [-0.25, -0.2) is 4.98 Å². The molecule has 0 radical (unpaired) electrons. The molecule has 0 aliphatic rings. The summed E-state index contributed by atoms with van der Waals surface area (Å²) < 4.78 is 1.56. The molecule has 4 heteroatoms. The van der Waals surface area contributed by atoms with Crippen molar-refractivity contribution in [3.8, 4) is 0 Å². The quantitative estimate of drug-likeness (QED) is 0.759. The van der Waals surface area contributed by atoms with Gasteiger partial charge < -0.3 is 5.73 Å². The van der Waals surface area contributed by atoms with Crippen molar-refractivity contribution >= 4 is 16.9 Å². The number of carbonyl (C=O) groups excluding carboxylic acids is 1. The predicted molar refractivity (Wildman–Crippen MR) is 73.8 cm³/mol. The number of benzene rings is 2. The minimum atomic E-state index is -0.0859. The minimum absolute atomic E-state index is 0.0859. The van der Waals surface area contributed by atoms with Crippen LogP contribution in [0.4, 0.5) is 0 Å². The highest BCUT2D eigenvalue weighted by Crippen LogP contribution is 2.14. The van der Waals surface area contributed by atoms with Crippen LogP contribution in [0.5, 0.6) is 0 Å². The molecule has 94 valence electrons. The molecule has 3 rings (SSSR count). The van der Waals surface area contributed by atoms with Crippen LogP contribution in [-0.4, -0.2) is 15.5 Å². The standard InChI is InChI=1S/C15H13N3O/c16-9-11-5-7-12(8-6-11)15(19)18-10-17-13-3-1-2-4-14(13)18/h1-8,10H,9,16H2. The van der Waals surface area contributed by atoms with Gasteiger partial charge in [0.15, 0.2) is 0 Å². The lowest BCUT2D eigenvalue weighted by molar-refractivity contribution is 0.0964. The van der Waals surface area contributed by atoms with E-state index in [9.17, 15) is 4.79 Å². The zero-order valence-corrected chi connectivity index (χ0v) is 10.3. The van der Waals surface area contributed by atoms with Crippen LogP contribution in [0.2, 0.25) is 0 Å². The van der Waals surface area contributed by atoms with Crippen LogP contribution in [0.25, 0.3) is 11.0 Å². The third kappa shape index (κ3) is 2.02. The smallest absolute Gasteiger partial charge is 0.263 e. The van der Waals surface area contributed by atoms with E-state index in [0.29, 0.717) is 12.1 Å². The summed E-state index contributed by atoms with van der Waals surface area (Å²) in [5.74, 6) is -0.0859. The summed E-state index contributed by atoms with van der Waals surface area (Å²) in [7, 11) is 0. The predicted octanol–water partition coefficient (Wildman–Crippen LogP) is 2.18. The molecule has 1 heterocycles. The first-order valence-corrected chi connectivity index (χ1v) is 6.05. The first-order valence-electron chi connectivity index (χ1n) is 6.05. The second-order valence-corrected chi connectivity index (χ2v) is 4.31. The number of para-hydroxylation sites is 2. The number of hydrogen-bond donors (Lipinski definition) is 1. The summed E-state index contributed by atoms with van der Waals surface area (Å²) in [5.41, 5.74) is 8.81. The number of nitrogens with zero attached hydrogens (tertiary/aromatic N) is 2. The van der Waals surface area contributed by atoms with Crippen molar-refractivity contribution in [3.63, 3.8) is 0 Å². The van der Waals surface area contributed by atoms with Gasteiger partial charge in [0.25, 0.3) is 5.91 Å². The van der Waals surface area contributed by atoms with E-state index in [2.05, 4.69) is 4.98 Å². The van der Waals surface area contributed by atoms with E-state index >= 15 is 0 Å². The molecule has 0 aliphatic heterocycles. The molecule has 1 aromatic heterocycles. The fraction of sp³-hybridized carbons (Fsp3) is 0.0667. The summed E-state index contributed by atoms with van der Waals surface area (Å²) in [5, 5.41) is 0. The van der Waals surface area contributed by atoms with Crippen molar-refractivity contribution in [3.05, 3.63) is 66.0 Å². The molecule has 19 heavy (non-hydrogen) atoms. The summed E-state index contributed by atoms with van der Waals surface area (Å²) >= 11 is 0. The Bertz CT molecular complexity index is 728. The number of aromatic nitrogens is 2. The molecule has 0 unspecified atom stereocenters. The summed E-state index contributed by atoms with van der Waals surface area (Å²) in [6.07, 6.45) is 1.56. The number of carbonyl (C=O) groups is 1. The SMILES string of the molecule is NCc1ccc(C(=O)n2cnc3ccccc32)cc1. The van der Waals surface area contributed by atoms with Crippen molar-refractivity contribution in [1.82, 2.24) is 9.55 Å². The highest BCUT2D eigenvalue weighted by atomic mass is 16.2. The Morgan fingerprint density at radius 3 is 2.58 bits per heavy atom. The van der Waals surface area contributed by atoms with Gasteiger partial charge in [-0.05, 0) is 29.8 Å². The van der Waals surface area contributed by atoms with Gasteiger partial charge >= 0.3 is 0 Å². The molecular weight excluding hydrogens is 238 g/mol. The molecule has 0 fully saturated rings. The maximum Gasteiger partial charge on any atom is 0.263 e. The highest BCUT2D eigenvalue weighted by molar-refractivity contribution is 6.01. The molecule has 0 aliphatic carbocycles. The molecule has 0 spiro atoms. The summed E-state index contributed by atoms with van der Waals surface area (Å²) in [6.45, 7) is 0.475. The number of hydrogen-bond acceptors (Lipinski definition) is 3. The van der Waals surface area contributed by atoms with E-state index in [0.717, 1.165) is 16.6 Å². The third-order valence-corrected chi connectivity index (χ3v) is 3.11. The number of rotatable bonds is 2. The zero-order valence-electron chi connectivity index (χ0n) is 10.3. The average Bonchev–Trinajstić information content (AvgIpc) is 2.90. The number of nitrogens with two attached hydrogens (primary N) is 1. The fourth-order valence-corrected chi connectivity index (χ4v) is 2.04. The van der Waals surface area contributed by atoms with E-state index in [1.54, 1.807) is 23.0 Å². The molecule has 2 N–H and O–H groups in total. The van der Waals surface area contributed by atoms with Crippen LogP contribution >= 0.6 is 0 Å². The Labute approximate surface area is 110 Å². The van der Waals surface area contributed by atoms with E-state index in [1.165, 1.54) is 0 Å². The second kappa shape index (κ2) is 4.66. The normalized spacial score (nSPS) is 10.8. The molecule has 0 saturated heterocycles. The third-order valence-electron chi connectivity index (χ3n) is 3.11. The molecular formula is C15H13N3O. The van der Waals surface area contributed by atoms with Crippen LogP contribution in [0.15, 0.2) is 54.9 Å². The van der Waals surface area contributed by atoms with Gasteiger partial charge in [-0.15, -0.1) is 0 Å². The second-order valence-electron chi connectivity index (χ2n) is 4.31. The van der Waals surface area contributed by atoms with E-state index in [4.69, 9.17) is 5.73 Å². The largest absolute Gasteiger partial charge is 0.326 e. The summed E-state index contributed by atoms with van der Waals surface area (Å²) in [6, 6.07) is 14.9. The van der Waals surface area contributed by atoms with E-state index < -0.39 is 0 Å². The lowest BCUT2D eigenvalue weighted by Crippen LogP contribution is -2.10. The summed E-state index contributed by atoms with van der Waals surface area (Å²) in [4.78, 5) is 16.6. The Balaban J connectivity index is 2.03. The van der Waals surface area contributed by atoms with Crippen molar-refractivity contribution in [2.24, 2.45) is 5.73 Å². The monoisotopic (exact) mass is 251 g/mol. The molecule has 3 aromatic rings. The molecule has 4 nitrogen and oxygen atoms in total. The number of imidazole rings is 1. The molecule has 0 amide bonds.